The SMILES string of the molecule is CCCCNC(=O)[C@@H]1CCCC[C@@H]1C(=O)Nc1cc(C)c2nc(N)sc2c1. The molecular weight excluding hydrogens is 360 g/mol. The molecule has 3 rings (SSSR count). The van der Waals surface area contributed by atoms with E-state index in [1.807, 2.05) is 19.1 Å². The van der Waals surface area contributed by atoms with Gasteiger partial charge in [0.05, 0.1) is 10.2 Å². The maximum Gasteiger partial charge on any atom is 0.228 e. The number of amides is 2. The minimum Gasteiger partial charge on any atom is -0.375 e. The molecule has 1 fully saturated rings. The number of anilines is 2. The van der Waals surface area contributed by atoms with Crippen molar-refractivity contribution in [1.29, 1.82) is 0 Å². The number of thiazole rings is 1. The lowest BCUT2D eigenvalue weighted by Crippen LogP contribution is -2.41. The summed E-state index contributed by atoms with van der Waals surface area (Å²) in [5.41, 5.74) is 8.40. The highest BCUT2D eigenvalue weighted by atomic mass is 32.1. The van der Waals surface area contributed by atoms with Gasteiger partial charge in [-0.2, -0.15) is 0 Å². The van der Waals surface area contributed by atoms with Crippen LogP contribution in [0.25, 0.3) is 10.2 Å². The van der Waals surface area contributed by atoms with Crippen molar-refractivity contribution in [2.24, 2.45) is 11.8 Å². The number of hydrogen-bond donors (Lipinski definition) is 3. The molecule has 2 amide bonds. The first-order chi connectivity index (χ1) is 13.0. The Morgan fingerprint density at radius 2 is 1.93 bits per heavy atom. The predicted molar refractivity (Wildman–Crippen MR) is 111 cm³/mol. The zero-order valence-corrected chi connectivity index (χ0v) is 16.8. The number of rotatable bonds is 6. The highest BCUT2D eigenvalue weighted by Crippen LogP contribution is 2.33. The number of carbonyl (C=O) groups excluding carboxylic acids is 2. The van der Waals surface area contributed by atoms with Crippen LogP contribution in [0.2, 0.25) is 0 Å². The van der Waals surface area contributed by atoms with Crippen LogP contribution in [0.5, 0.6) is 0 Å². The molecule has 146 valence electrons. The topological polar surface area (TPSA) is 97.1 Å². The summed E-state index contributed by atoms with van der Waals surface area (Å²) in [6.07, 6.45) is 5.53. The van der Waals surface area contributed by atoms with Gasteiger partial charge in [0.2, 0.25) is 11.8 Å². The molecule has 0 bridgehead atoms. The van der Waals surface area contributed by atoms with E-state index in [-0.39, 0.29) is 23.7 Å². The first-order valence-electron chi connectivity index (χ1n) is 9.74. The van der Waals surface area contributed by atoms with Crippen molar-refractivity contribution in [3.05, 3.63) is 17.7 Å². The molecule has 6 nitrogen and oxygen atoms in total. The van der Waals surface area contributed by atoms with Gasteiger partial charge in [0.25, 0.3) is 0 Å². The Balaban J connectivity index is 1.72. The van der Waals surface area contributed by atoms with Gasteiger partial charge < -0.3 is 16.4 Å². The third-order valence-electron chi connectivity index (χ3n) is 5.24. The molecule has 0 radical (unpaired) electrons. The van der Waals surface area contributed by atoms with E-state index in [0.717, 1.165) is 60.0 Å². The first-order valence-corrected chi connectivity index (χ1v) is 10.6. The number of nitrogens with two attached hydrogens (primary N) is 1. The summed E-state index contributed by atoms with van der Waals surface area (Å²) in [5, 5.41) is 6.54. The molecule has 1 aromatic carbocycles. The van der Waals surface area contributed by atoms with Gasteiger partial charge in [-0.3, -0.25) is 9.59 Å². The van der Waals surface area contributed by atoms with Gasteiger partial charge in [-0.25, -0.2) is 4.98 Å². The first kappa shape index (κ1) is 19.6. The summed E-state index contributed by atoms with van der Waals surface area (Å²) in [4.78, 5) is 29.8. The van der Waals surface area contributed by atoms with Crippen molar-refractivity contribution in [2.75, 3.05) is 17.6 Å². The van der Waals surface area contributed by atoms with E-state index in [1.165, 1.54) is 11.3 Å². The summed E-state index contributed by atoms with van der Waals surface area (Å²) < 4.78 is 0.959. The van der Waals surface area contributed by atoms with Gasteiger partial charge in [0.1, 0.15) is 0 Å². The zero-order valence-electron chi connectivity index (χ0n) is 16.0. The van der Waals surface area contributed by atoms with Gasteiger partial charge >= 0.3 is 0 Å². The largest absolute Gasteiger partial charge is 0.375 e. The average molecular weight is 389 g/mol. The quantitative estimate of drug-likeness (QED) is 0.655. The highest BCUT2D eigenvalue weighted by Gasteiger charge is 2.35. The Morgan fingerprint density at radius 3 is 2.63 bits per heavy atom. The van der Waals surface area contributed by atoms with Crippen molar-refractivity contribution < 1.29 is 9.59 Å². The Kier molecular flexibility index (Phi) is 6.31. The van der Waals surface area contributed by atoms with Crippen molar-refractivity contribution in [2.45, 2.75) is 52.4 Å². The smallest absolute Gasteiger partial charge is 0.228 e. The number of unbranched alkanes of at least 4 members (excludes halogenated alkanes) is 1. The van der Waals surface area contributed by atoms with Crippen LogP contribution >= 0.6 is 11.3 Å². The number of benzene rings is 1. The molecule has 2 atom stereocenters. The molecule has 2 aromatic rings. The summed E-state index contributed by atoms with van der Waals surface area (Å²) in [7, 11) is 0. The average Bonchev–Trinajstić information content (AvgIpc) is 3.02. The van der Waals surface area contributed by atoms with E-state index < -0.39 is 0 Å². The standard InChI is InChI=1S/C20H28N4O2S/c1-3-4-9-22-18(25)14-7-5-6-8-15(14)19(26)23-13-10-12(2)17-16(11-13)27-20(21)24-17/h10-11,14-15H,3-9H2,1-2H3,(H2,21,24)(H,22,25)(H,23,26)/t14-,15+/m1/s1. The Hall–Kier alpha value is -2.15. The van der Waals surface area contributed by atoms with Gasteiger partial charge in [-0.05, 0) is 43.9 Å². The summed E-state index contributed by atoms with van der Waals surface area (Å²) in [6, 6.07) is 3.83. The molecule has 27 heavy (non-hydrogen) atoms. The molecule has 1 heterocycles. The minimum atomic E-state index is -0.275. The fourth-order valence-corrected chi connectivity index (χ4v) is 4.65. The van der Waals surface area contributed by atoms with Crippen LogP contribution in [0, 0.1) is 18.8 Å². The number of aryl methyl sites for hydroxylation is 1. The number of fused-ring (bicyclic) bond motifs is 1. The summed E-state index contributed by atoms with van der Waals surface area (Å²) >= 11 is 1.41. The van der Waals surface area contributed by atoms with E-state index in [0.29, 0.717) is 11.7 Å². The lowest BCUT2D eigenvalue weighted by atomic mass is 9.78. The van der Waals surface area contributed by atoms with Crippen LogP contribution in [0.1, 0.15) is 51.0 Å². The van der Waals surface area contributed by atoms with Crippen LogP contribution < -0.4 is 16.4 Å². The molecular formula is C20H28N4O2S. The molecule has 0 unspecified atom stereocenters. The van der Waals surface area contributed by atoms with Gasteiger partial charge in [0.15, 0.2) is 5.13 Å². The van der Waals surface area contributed by atoms with Crippen molar-refractivity contribution in [3.8, 4) is 0 Å². The number of nitrogens with one attached hydrogen (secondary N) is 2. The molecule has 0 aliphatic heterocycles. The highest BCUT2D eigenvalue weighted by molar-refractivity contribution is 7.22. The molecule has 4 N–H and O–H groups in total. The maximum absolute atomic E-state index is 12.9. The van der Waals surface area contributed by atoms with Crippen LogP contribution in [0.15, 0.2) is 12.1 Å². The lowest BCUT2D eigenvalue weighted by molar-refractivity contribution is -0.134. The van der Waals surface area contributed by atoms with E-state index in [4.69, 9.17) is 5.73 Å². The third kappa shape index (κ3) is 4.58. The molecule has 1 saturated carbocycles. The number of carbonyl (C=O) groups is 2. The second kappa shape index (κ2) is 8.69. The van der Waals surface area contributed by atoms with Gasteiger partial charge in [0, 0.05) is 24.1 Å². The molecule has 1 aliphatic rings. The van der Waals surface area contributed by atoms with Gasteiger partial charge in [-0.15, -0.1) is 0 Å². The number of nitrogens with zero attached hydrogens (tertiary/aromatic N) is 1. The number of aromatic nitrogens is 1. The third-order valence-corrected chi connectivity index (χ3v) is 6.07. The van der Waals surface area contributed by atoms with Crippen LogP contribution in [0.4, 0.5) is 10.8 Å². The summed E-state index contributed by atoms with van der Waals surface area (Å²) in [5.74, 6) is -0.561. The van der Waals surface area contributed by atoms with E-state index >= 15 is 0 Å². The Morgan fingerprint density at radius 1 is 1.22 bits per heavy atom. The van der Waals surface area contributed by atoms with Crippen molar-refractivity contribution >= 4 is 44.2 Å². The molecule has 1 aliphatic carbocycles. The van der Waals surface area contributed by atoms with Crippen LogP contribution in [-0.4, -0.2) is 23.3 Å². The Bertz CT molecular complexity index is 833. The fraction of sp³-hybridized carbons (Fsp3) is 0.550. The Labute approximate surface area is 163 Å². The van der Waals surface area contributed by atoms with Crippen molar-refractivity contribution in [1.82, 2.24) is 10.3 Å². The normalized spacial score (nSPS) is 19.8. The number of nitrogen functional groups attached to an aromatic ring is 1. The predicted octanol–water partition coefficient (Wildman–Crippen LogP) is 3.85. The van der Waals surface area contributed by atoms with Crippen LogP contribution in [0.3, 0.4) is 0 Å². The van der Waals surface area contributed by atoms with E-state index in [1.54, 1.807) is 0 Å². The number of hydrogen-bond acceptors (Lipinski definition) is 5. The van der Waals surface area contributed by atoms with E-state index in [2.05, 4.69) is 22.5 Å². The second-order valence-electron chi connectivity index (χ2n) is 7.32. The molecule has 0 spiro atoms. The maximum atomic E-state index is 12.9. The van der Waals surface area contributed by atoms with E-state index in [9.17, 15) is 9.59 Å². The van der Waals surface area contributed by atoms with Crippen molar-refractivity contribution in [3.63, 3.8) is 0 Å². The summed E-state index contributed by atoms with van der Waals surface area (Å²) in [6.45, 7) is 4.74. The molecule has 0 saturated heterocycles. The molecule has 1 aromatic heterocycles. The fourth-order valence-electron chi connectivity index (χ4n) is 3.80. The van der Waals surface area contributed by atoms with Crippen LogP contribution in [-0.2, 0) is 9.59 Å². The lowest BCUT2D eigenvalue weighted by Gasteiger charge is -2.29. The second-order valence-corrected chi connectivity index (χ2v) is 8.39. The van der Waals surface area contributed by atoms with Gasteiger partial charge in [-0.1, -0.05) is 37.5 Å². The zero-order chi connectivity index (χ0) is 19.4. The monoisotopic (exact) mass is 388 g/mol. The molecule has 7 heteroatoms. The minimum absolute atomic E-state index is 0.0187.